The third-order valence-corrected chi connectivity index (χ3v) is 7.02. The third kappa shape index (κ3) is 4.36. The number of methoxy groups -OCH3 is 1. The lowest BCUT2D eigenvalue weighted by molar-refractivity contribution is -0.138. The Morgan fingerprint density at radius 3 is 2.41 bits per heavy atom. The van der Waals surface area contributed by atoms with Crippen molar-refractivity contribution in [2.45, 2.75) is 38.1 Å². The summed E-state index contributed by atoms with van der Waals surface area (Å²) >= 11 is 0. The number of fused-ring (bicyclic) bond motifs is 1. The zero-order chi connectivity index (χ0) is 22.8. The highest BCUT2D eigenvalue weighted by Gasteiger charge is 2.31. The minimum atomic E-state index is -0.386. The van der Waals surface area contributed by atoms with Crippen LogP contribution < -0.4 is 11.2 Å². The Morgan fingerprint density at radius 1 is 1.06 bits per heavy atom. The minimum absolute atomic E-state index is 0.146. The van der Waals surface area contributed by atoms with Crippen molar-refractivity contribution >= 4 is 16.9 Å². The summed E-state index contributed by atoms with van der Waals surface area (Å²) in [5.74, 6) is 0.642. The van der Waals surface area contributed by atoms with Gasteiger partial charge in [-0.3, -0.25) is 18.7 Å². The molecular formula is C23H33N5O4. The summed E-state index contributed by atoms with van der Waals surface area (Å²) in [6, 6.07) is 3.67. The van der Waals surface area contributed by atoms with Gasteiger partial charge in [0.1, 0.15) is 5.65 Å². The molecule has 2 aromatic heterocycles. The molecule has 0 spiro atoms. The Balaban J connectivity index is 1.52. The molecule has 0 unspecified atom stereocenters. The largest absolute Gasteiger partial charge is 0.383 e. The lowest BCUT2D eigenvalue weighted by atomic mass is 9.90. The van der Waals surface area contributed by atoms with Gasteiger partial charge in [-0.05, 0) is 58.0 Å². The van der Waals surface area contributed by atoms with Crippen molar-refractivity contribution in [3.05, 3.63) is 38.7 Å². The van der Waals surface area contributed by atoms with E-state index in [0.717, 1.165) is 62.1 Å². The van der Waals surface area contributed by atoms with Crippen LogP contribution >= 0.6 is 0 Å². The maximum atomic E-state index is 12.9. The van der Waals surface area contributed by atoms with Crippen LogP contribution in [0.1, 0.15) is 37.3 Å². The third-order valence-electron chi connectivity index (χ3n) is 7.02. The molecule has 4 heterocycles. The summed E-state index contributed by atoms with van der Waals surface area (Å²) in [5, 5.41) is 0.432. The standard InChI is InChI=1S/C23H33N5O4/c1-25-10-6-17(7-11-25)21(29)27-12-8-16(9-13-27)19-5-4-18-20(24-19)28(14-15-32-3)23(31)26(2)22(18)30/h4-5,16-17H,6-15H2,1-3H3. The number of likely N-dealkylation sites (tertiary alicyclic amines) is 2. The minimum Gasteiger partial charge on any atom is -0.383 e. The monoisotopic (exact) mass is 443 g/mol. The van der Waals surface area contributed by atoms with Gasteiger partial charge in [0.05, 0.1) is 18.5 Å². The molecule has 2 aromatic rings. The van der Waals surface area contributed by atoms with E-state index in [1.54, 1.807) is 13.2 Å². The number of amides is 1. The average molecular weight is 444 g/mol. The van der Waals surface area contributed by atoms with Crippen molar-refractivity contribution in [2.24, 2.45) is 13.0 Å². The van der Waals surface area contributed by atoms with Crippen LogP contribution in [0, 0.1) is 5.92 Å². The molecule has 4 rings (SSSR count). The van der Waals surface area contributed by atoms with E-state index in [0.29, 0.717) is 30.1 Å². The van der Waals surface area contributed by atoms with E-state index in [9.17, 15) is 14.4 Å². The van der Waals surface area contributed by atoms with Crippen molar-refractivity contribution in [3.63, 3.8) is 0 Å². The molecule has 9 heteroatoms. The van der Waals surface area contributed by atoms with Gasteiger partial charge in [0.25, 0.3) is 5.56 Å². The van der Waals surface area contributed by atoms with Crippen molar-refractivity contribution < 1.29 is 9.53 Å². The van der Waals surface area contributed by atoms with Crippen LogP contribution in [0.2, 0.25) is 0 Å². The smallest absolute Gasteiger partial charge is 0.332 e. The highest BCUT2D eigenvalue weighted by molar-refractivity contribution is 5.79. The molecule has 2 fully saturated rings. The first-order valence-electron chi connectivity index (χ1n) is 11.5. The van der Waals surface area contributed by atoms with Crippen LogP contribution in [-0.2, 0) is 23.1 Å². The highest BCUT2D eigenvalue weighted by atomic mass is 16.5. The number of ether oxygens (including phenoxy) is 1. The van der Waals surface area contributed by atoms with Gasteiger partial charge in [-0.2, -0.15) is 0 Å². The van der Waals surface area contributed by atoms with E-state index in [4.69, 9.17) is 9.72 Å². The second-order valence-electron chi connectivity index (χ2n) is 9.08. The zero-order valence-electron chi connectivity index (χ0n) is 19.2. The Morgan fingerprint density at radius 2 is 1.75 bits per heavy atom. The molecule has 2 aliphatic rings. The fourth-order valence-electron chi connectivity index (χ4n) is 4.90. The van der Waals surface area contributed by atoms with E-state index in [2.05, 4.69) is 11.9 Å². The number of hydrogen-bond donors (Lipinski definition) is 0. The maximum Gasteiger partial charge on any atom is 0.332 e. The second-order valence-corrected chi connectivity index (χ2v) is 9.08. The van der Waals surface area contributed by atoms with Crippen LogP contribution in [-0.4, -0.2) is 76.8 Å². The molecule has 0 bridgehead atoms. The first-order valence-corrected chi connectivity index (χ1v) is 11.5. The van der Waals surface area contributed by atoms with Crippen molar-refractivity contribution in [3.8, 4) is 0 Å². The van der Waals surface area contributed by atoms with Gasteiger partial charge in [0.2, 0.25) is 5.91 Å². The van der Waals surface area contributed by atoms with Gasteiger partial charge in [-0.15, -0.1) is 0 Å². The lowest BCUT2D eigenvalue weighted by Gasteiger charge is -2.36. The number of hydrogen-bond acceptors (Lipinski definition) is 6. The molecule has 0 aromatic carbocycles. The number of carbonyl (C=O) groups excluding carboxylic acids is 1. The summed E-state index contributed by atoms with van der Waals surface area (Å²) < 4.78 is 7.78. The normalized spacial score (nSPS) is 19.0. The first kappa shape index (κ1) is 22.7. The number of rotatable bonds is 5. The van der Waals surface area contributed by atoms with E-state index in [-0.39, 0.29) is 23.1 Å². The summed E-state index contributed by atoms with van der Waals surface area (Å²) in [7, 11) is 5.17. The van der Waals surface area contributed by atoms with Crippen LogP contribution in [0.25, 0.3) is 11.0 Å². The molecule has 0 radical (unpaired) electrons. The maximum absolute atomic E-state index is 12.9. The van der Waals surface area contributed by atoms with E-state index in [1.165, 1.54) is 11.6 Å². The lowest BCUT2D eigenvalue weighted by Crippen LogP contribution is -2.44. The van der Waals surface area contributed by atoms with Crippen molar-refractivity contribution in [1.82, 2.24) is 23.9 Å². The molecule has 0 N–H and O–H groups in total. The molecule has 1 amide bonds. The summed E-state index contributed by atoms with van der Waals surface area (Å²) in [4.78, 5) is 47.2. The Labute approximate surface area is 187 Å². The molecule has 0 atom stereocenters. The average Bonchev–Trinajstić information content (AvgIpc) is 2.82. The second kappa shape index (κ2) is 9.54. The summed E-state index contributed by atoms with van der Waals surface area (Å²) in [6.07, 6.45) is 3.55. The molecule has 9 nitrogen and oxygen atoms in total. The predicted molar refractivity (Wildman–Crippen MR) is 122 cm³/mol. The predicted octanol–water partition coefficient (Wildman–Crippen LogP) is 0.789. The molecule has 0 aliphatic carbocycles. The Hall–Kier alpha value is -2.52. The molecular weight excluding hydrogens is 410 g/mol. The van der Waals surface area contributed by atoms with Crippen molar-refractivity contribution in [2.75, 3.05) is 46.9 Å². The van der Waals surface area contributed by atoms with Gasteiger partial charge in [-0.25, -0.2) is 9.78 Å². The van der Waals surface area contributed by atoms with Gasteiger partial charge >= 0.3 is 5.69 Å². The molecule has 174 valence electrons. The molecule has 2 saturated heterocycles. The van der Waals surface area contributed by atoms with E-state index in [1.807, 2.05) is 11.0 Å². The summed E-state index contributed by atoms with van der Waals surface area (Å²) in [6.45, 7) is 4.11. The Kier molecular flexibility index (Phi) is 6.76. The Bertz CT molecular complexity index is 1090. The molecule has 2 aliphatic heterocycles. The fraction of sp³-hybridized carbons (Fsp3) is 0.652. The summed E-state index contributed by atoms with van der Waals surface area (Å²) in [5.41, 5.74) is 0.569. The van der Waals surface area contributed by atoms with Crippen LogP contribution in [0.4, 0.5) is 0 Å². The van der Waals surface area contributed by atoms with Crippen LogP contribution in [0.5, 0.6) is 0 Å². The van der Waals surface area contributed by atoms with Crippen LogP contribution in [0.15, 0.2) is 21.7 Å². The quantitative estimate of drug-likeness (QED) is 0.679. The van der Waals surface area contributed by atoms with E-state index < -0.39 is 0 Å². The van der Waals surface area contributed by atoms with Gasteiger partial charge in [0, 0.05) is 44.8 Å². The topological polar surface area (TPSA) is 89.7 Å². The number of pyridine rings is 1. The van der Waals surface area contributed by atoms with Gasteiger partial charge in [-0.1, -0.05) is 0 Å². The van der Waals surface area contributed by atoms with Gasteiger partial charge < -0.3 is 14.5 Å². The number of carbonyl (C=O) groups is 1. The first-order chi connectivity index (χ1) is 15.4. The molecule has 32 heavy (non-hydrogen) atoms. The van der Waals surface area contributed by atoms with Gasteiger partial charge in [0.15, 0.2) is 0 Å². The van der Waals surface area contributed by atoms with Crippen LogP contribution in [0.3, 0.4) is 0 Å². The zero-order valence-corrected chi connectivity index (χ0v) is 19.2. The van der Waals surface area contributed by atoms with E-state index >= 15 is 0 Å². The highest BCUT2D eigenvalue weighted by Crippen LogP contribution is 2.29. The van der Waals surface area contributed by atoms with Crippen molar-refractivity contribution in [1.29, 1.82) is 0 Å². The molecule has 0 saturated carbocycles. The number of piperidine rings is 2. The SMILES string of the molecule is COCCn1c(=O)n(C)c(=O)c2ccc(C3CCN(C(=O)C4CCN(C)CC4)CC3)nc21. The fourth-order valence-corrected chi connectivity index (χ4v) is 4.90. The number of nitrogens with zero attached hydrogens (tertiary/aromatic N) is 5. The number of aromatic nitrogens is 3.